The summed E-state index contributed by atoms with van der Waals surface area (Å²) in [6, 6.07) is 7.70. The van der Waals surface area contributed by atoms with Crippen molar-refractivity contribution in [2.24, 2.45) is 0 Å². The van der Waals surface area contributed by atoms with Crippen LogP contribution in [-0.4, -0.2) is 58.1 Å². The second-order valence-electron chi connectivity index (χ2n) is 6.17. The van der Waals surface area contributed by atoms with E-state index >= 15 is 0 Å². The Morgan fingerprint density at radius 1 is 1.04 bits per heavy atom. The van der Waals surface area contributed by atoms with Gasteiger partial charge in [0.05, 0.1) is 11.3 Å². The van der Waals surface area contributed by atoms with E-state index in [-0.39, 0.29) is 0 Å². The average Bonchev–Trinajstić information content (AvgIpc) is 3.17. The number of rotatable bonds is 3. The predicted molar refractivity (Wildman–Crippen MR) is 99.8 cm³/mol. The van der Waals surface area contributed by atoms with Crippen molar-refractivity contribution in [2.75, 3.05) is 38.1 Å². The van der Waals surface area contributed by atoms with E-state index in [1.165, 1.54) is 0 Å². The number of nitrogens with zero attached hydrogens (tertiary/aromatic N) is 5. The van der Waals surface area contributed by atoms with Crippen LogP contribution in [0.25, 0.3) is 22.6 Å². The minimum absolute atomic E-state index is 0.705. The third kappa shape index (κ3) is 3.36. The van der Waals surface area contributed by atoms with E-state index in [1.54, 1.807) is 12.4 Å². The van der Waals surface area contributed by atoms with Crippen molar-refractivity contribution in [3.63, 3.8) is 0 Å². The topological polar surface area (TPSA) is 60.9 Å². The Kier molecular flexibility index (Phi) is 4.38. The van der Waals surface area contributed by atoms with Crippen molar-refractivity contribution < 1.29 is 0 Å². The van der Waals surface area contributed by atoms with Gasteiger partial charge >= 0.3 is 0 Å². The van der Waals surface area contributed by atoms with Gasteiger partial charge in [0.25, 0.3) is 0 Å². The summed E-state index contributed by atoms with van der Waals surface area (Å²) in [5.74, 6) is 1.52. The number of benzene rings is 1. The number of aromatic amines is 1. The molecule has 0 spiro atoms. The lowest BCUT2D eigenvalue weighted by atomic mass is 10.1. The van der Waals surface area contributed by atoms with Crippen molar-refractivity contribution in [2.45, 2.75) is 0 Å². The van der Waals surface area contributed by atoms with Gasteiger partial charge < -0.3 is 14.8 Å². The van der Waals surface area contributed by atoms with Crippen molar-refractivity contribution in [3.8, 4) is 22.6 Å². The van der Waals surface area contributed by atoms with Gasteiger partial charge in [-0.1, -0.05) is 23.7 Å². The van der Waals surface area contributed by atoms with Crippen LogP contribution in [0.1, 0.15) is 0 Å². The van der Waals surface area contributed by atoms with Crippen molar-refractivity contribution in [1.82, 2.24) is 24.8 Å². The highest BCUT2D eigenvalue weighted by molar-refractivity contribution is 6.30. The summed E-state index contributed by atoms with van der Waals surface area (Å²) >= 11 is 6.04. The Hall–Kier alpha value is -2.44. The van der Waals surface area contributed by atoms with Gasteiger partial charge in [-0.05, 0) is 19.2 Å². The van der Waals surface area contributed by atoms with E-state index in [0.717, 1.165) is 54.8 Å². The molecule has 1 aromatic carbocycles. The minimum Gasteiger partial charge on any atom is -0.345 e. The third-order valence-electron chi connectivity index (χ3n) is 4.43. The summed E-state index contributed by atoms with van der Waals surface area (Å²) in [5.41, 5.74) is 2.73. The summed E-state index contributed by atoms with van der Waals surface area (Å²) in [4.78, 5) is 21.5. The number of imidazole rings is 1. The number of likely N-dealkylation sites (N-methyl/N-ethyl adjacent to an activating group) is 1. The lowest BCUT2D eigenvalue weighted by molar-refractivity contribution is 0.311. The van der Waals surface area contributed by atoms with Crippen LogP contribution in [0.4, 0.5) is 5.95 Å². The monoisotopic (exact) mass is 354 g/mol. The van der Waals surface area contributed by atoms with Crippen LogP contribution in [0.15, 0.2) is 42.9 Å². The van der Waals surface area contributed by atoms with Gasteiger partial charge in [0.15, 0.2) is 0 Å². The fourth-order valence-corrected chi connectivity index (χ4v) is 3.07. The zero-order valence-electron chi connectivity index (χ0n) is 14.0. The zero-order chi connectivity index (χ0) is 17.2. The van der Waals surface area contributed by atoms with Gasteiger partial charge in [-0.15, -0.1) is 0 Å². The largest absolute Gasteiger partial charge is 0.345 e. The molecule has 6 nitrogen and oxygen atoms in total. The SMILES string of the molecule is CN1CCN(c2ncc(-c3ncc[nH]3)c(-c3ccc(Cl)cc3)n2)CC1. The number of nitrogens with one attached hydrogen (secondary N) is 1. The van der Waals surface area contributed by atoms with E-state index < -0.39 is 0 Å². The second-order valence-corrected chi connectivity index (χ2v) is 6.60. The van der Waals surface area contributed by atoms with Crippen LogP contribution in [-0.2, 0) is 0 Å². The smallest absolute Gasteiger partial charge is 0.225 e. The van der Waals surface area contributed by atoms with E-state index in [0.29, 0.717) is 5.02 Å². The van der Waals surface area contributed by atoms with Crippen LogP contribution in [0.2, 0.25) is 5.02 Å². The molecule has 1 aliphatic rings. The summed E-state index contributed by atoms with van der Waals surface area (Å²) in [5, 5.41) is 0.705. The molecular weight excluding hydrogens is 336 g/mol. The van der Waals surface area contributed by atoms with Crippen LogP contribution in [0, 0.1) is 0 Å². The molecule has 128 valence electrons. The molecule has 0 aliphatic carbocycles. The fourth-order valence-electron chi connectivity index (χ4n) is 2.95. The molecule has 3 heterocycles. The molecule has 0 radical (unpaired) electrons. The average molecular weight is 355 g/mol. The second kappa shape index (κ2) is 6.82. The van der Waals surface area contributed by atoms with Crippen LogP contribution >= 0.6 is 11.6 Å². The molecule has 0 saturated carbocycles. The first kappa shape index (κ1) is 16.1. The lowest BCUT2D eigenvalue weighted by Crippen LogP contribution is -2.45. The third-order valence-corrected chi connectivity index (χ3v) is 4.69. The molecular formula is C18H19ClN6. The Morgan fingerprint density at radius 3 is 2.48 bits per heavy atom. The molecule has 0 amide bonds. The highest BCUT2D eigenvalue weighted by Crippen LogP contribution is 2.30. The highest BCUT2D eigenvalue weighted by atomic mass is 35.5. The maximum Gasteiger partial charge on any atom is 0.225 e. The standard InChI is InChI=1S/C18H19ClN6/c1-24-8-10-25(11-9-24)18-22-12-15(17-20-6-7-21-17)16(23-18)13-2-4-14(19)5-3-13/h2-7,12H,8-11H2,1H3,(H,20,21). The van der Waals surface area contributed by atoms with Gasteiger partial charge in [0.1, 0.15) is 5.82 Å². The van der Waals surface area contributed by atoms with E-state index in [1.807, 2.05) is 30.5 Å². The molecule has 1 saturated heterocycles. The number of hydrogen-bond donors (Lipinski definition) is 1. The Labute approximate surface area is 151 Å². The zero-order valence-corrected chi connectivity index (χ0v) is 14.7. The Morgan fingerprint density at radius 2 is 1.80 bits per heavy atom. The van der Waals surface area contributed by atoms with Gasteiger partial charge in [0, 0.05) is 55.4 Å². The quantitative estimate of drug-likeness (QED) is 0.783. The lowest BCUT2D eigenvalue weighted by Gasteiger charge is -2.32. The van der Waals surface area contributed by atoms with E-state index in [4.69, 9.17) is 16.6 Å². The van der Waals surface area contributed by atoms with Gasteiger partial charge in [-0.25, -0.2) is 15.0 Å². The summed E-state index contributed by atoms with van der Waals surface area (Å²) < 4.78 is 0. The molecule has 0 unspecified atom stereocenters. The van der Waals surface area contributed by atoms with Gasteiger partial charge in [-0.2, -0.15) is 0 Å². The minimum atomic E-state index is 0.705. The Balaban J connectivity index is 1.77. The van der Waals surface area contributed by atoms with Crippen molar-refractivity contribution >= 4 is 17.5 Å². The van der Waals surface area contributed by atoms with Crippen LogP contribution in [0.3, 0.4) is 0 Å². The summed E-state index contributed by atoms with van der Waals surface area (Å²) in [7, 11) is 2.14. The number of H-pyrrole nitrogens is 1. The number of hydrogen-bond acceptors (Lipinski definition) is 5. The normalized spacial score (nSPS) is 15.5. The van der Waals surface area contributed by atoms with Gasteiger partial charge in [0.2, 0.25) is 5.95 Å². The van der Waals surface area contributed by atoms with Crippen molar-refractivity contribution in [3.05, 3.63) is 47.9 Å². The molecule has 2 aromatic heterocycles. The number of piperazine rings is 1. The molecule has 1 fully saturated rings. The first-order valence-electron chi connectivity index (χ1n) is 8.27. The molecule has 7 heteroatoms. The van der Waals surface area contributed by atoms with E-state index in [2.05, 4.69) is 31.8 Å². The molecule has 25 heavy (non-hydrogen) atoms. The first-order valence-corrected chi connectivity index (χ1v) is 8.65. The molecule has 3 aromatic rings. The van der Waals surface area contributed by atoms with Crippen LogP contribution in [0.5, 0.6) is 0 Å². The summed E-state index contributed by atoms with van der Waals surface area (Å²) in [6.07, 6.45) is 5.38. The van der Waals surface area contributed by atoms with Crippen LogP contribution < -0.4 is 4.90 Å². The molecule has 1 N–H and O–H groups in total. The highest BCUT2D eigenvalue weighted by Gasteiger charge is 2.19. The maximum atomic E-state index is 6.04. The molecule has 0 bridgehead atoms. The maximum absolute atomic E-state index is 6.04. The number of anilines is 1. The predicted octanol–water partition coefficient (Wildman–Crippen LogP) is 2.94. The molecule has 0 atom stereocenters. The first-order chi connectivity index (χ1) is 12.2. The number of halogens is 1. The molecule has 4 rings (SSSR count). The van der Waals surface area contributed by atoms with E-state index in [9.17, 15) is 0 Å². The number of aromatic nitrogens is 4. The van der Waals surface area contributed by atoms with Crippen molar-refractivity contribution in [1.29, 1.82) is 0 Å². The fraction of sp³-hybridized carbons (Fsp3) is 0.278. The van der Waals surface area contributed by atoms with Gasteiger partial charge in [-0.3, -0.25) is 0 Å². The summed E-state index contributed by atoms with van der Waals surface area (Å²) in [6.45, 7) is 3.88. The molecule has 1 aliphatic heterocycles. The Bertz CT molecular complexity index is 839.